The van der Waals surface area contributed by atoms with Gasteiger partial charge in [-0.2, -0.15) is 5.10 Å². The van der Waals surface area contributed by atoms with Crippen LogP contribution < -0.4 is 9.64 Å². The smallest absolute Gasteiger partial charge is 0.338 e. The Morgan fingerprint density at radius 2 is 1.71 bits per heavy atom. The number of aromatic carboxylic acids is 1. The molecular formula is C40H41Cl2N5O4. The van der Waals surface area contributed by atoms with Gasteiger partial charge in [-0.15, -0.1) is 0 Å². The zero-order valence-corrected chi connectivity index (χ0v) is 31.6. The van der Waals surface area contributed by atoms with E-state index < -0.39 is 5.97 Å². The van der Waals surface area contributed by atoms with Crippen LogP contribution in [0.1, 0.15) is 74.0 Å². The van der Waals surface area contributed by atoms with Gasteiger partial charge < -0.3 is 23.9 Å². The fraction of sp³-hybridized carbons (Fsp3) is 0.325. The van der Waals surface area contributed by atoms with Gasteiger partial charge in [0.2, 0.25) is 0 Å². The number of aryl methyl sites for hydroxylation is 6. The molecular weight excluding hydrogens is 685 g/mol. The number of carbonyl (C=O) groups is 2. The molecule has 7 rings (SSSR count). The van der Waals surface area contributed by atoms with Crippen molar-refractivity contribution in [3.8, 4) is 16.9 Å². The quantitative estimate of drug-likeness (QED) is 0.158. The number of rotatable bonds is 8. The maximum absolute atomic E-state index is 15.1. The van der Waals surface area contributed by atoms with Crippen molar-refractivity contribution in [1.29, 1.82) is 0 Å². The minimum Gasteiger partial charge on any atom is -0.494 e. The van der Waals surface area contributed by atoms with Gasteiger partial charge in [-0.05, 0) is 101 Å². The van der Waals surface area contributed by atoms with Crippen LogP contribution in [0.5, 0.6) is 5.75 Å². The van der Waals surface area contributed by atoms with Crippen LogP contribution in [-0.2, 0) is 20.5 Å². The first-order valence-corrected chi connectivity index (χ1v) is 17.9. The Bertz CT molecular complexity index is 2410. The first-order valence-electron chi connectivity index (χ1n) is 17.1. The van der Waals surface area contributed by atoms with Crippen molar-refractivity contribution < 1.29 is 19.4 Å². The highest BCUT2D eigenvalue weighted by Crippen LogP contribution is 2.46. The number of hydrogen-bond acceptors (Lipinski definition) is 4. The minimum absolute atomic E-state index is 0.173. The molecule has 4 heterocycles. The summed E-state index contributed by atoms with van der Waals surface area (Å²) in [5, 5.41) is 17.8. The van der Waals surface area contributed by atoms with Crippen LogP contribution in [0.15, 0.2) is 42.5 Å². The molecule has 6 aromatic rings. The first kappa shape index (κ1) is 34.7. The van der Waals surface area contributed by atoms with Crippen LogP contribution in [0.4, 0.5) is 5.69 Å². The lowest BCUT2D eigenvalue weighted by Gasteiger charge is -2.35. The third-order valence-corrected chi connectivity index (χ3v) is 11.5. The number of benzene rings is 3. The Balaban J connectivity index is 1.40. The molecule has 1 aliphatic rings. The SMILES string of the molecule is Cc1cc(OCCCc2c3n(c4c(-c5c(C)nn(C)c5C)c(Cl)ccc24)[C@H](C)CN(c2cccc4c2c(C(=O)O)c(C)n4C)C3=O)cc(C)c1Cl. The highest BCUT2D eigenvalue weighted by Gasteiger charge is 2.38. The molecule has 0 spiro atoms. The average Bonchev–Trinajstić information content (AvgIpc) is 3.65. The van der Waals surface area contributed by atoms with Gasteiger partial charge in [0.25, 0.3) is 5.91 Å². The predicted octanol–water partition coefficient (Wildman–Crippen LogP) is 9.31. The highest BCUT2D eigenvalue weighted by molar-refractivity contribution is 6.35. The Labute approximate surface area is 306 Å². The second-order valence-corrected chi connectivity index (χ2v) is 14.6. The van der Waals surface area contributed by atoms with Gasteiger partial charge in [-0.1, -0.05) is 35.3 Å². The molecule has 264 valence electrons. The molecule has 1 amide bonds. The molecule has 1 atom stereocenters. The second kappa shape index (κ2) is 12.8. The maximum atomic E-state index is 15.1. The Kier molecular flexibility index (Phi) is 8.71. The maximum Gasteiger partial charge on any atom is 0.338 e. The lowest BCUT2D eigenvalue weighted by molar-refractivity contribution is 0.0697. The lowest BCUT2D eigenvalue weighted by atomic mass is 9.98. The first-order chi connectivity index (χ1) is 24.2. The fourth-order valence-corrected chi connectivity index (χ4v) is 8.37. The summed E-state index contributed by atoms with van der Waals surface area (Å²) in [5.74, 6) is -0.451. The molecule has 0 saturated carbocycles. The third-order valence-electron chi connectivity index (χ3n) is 10.6. The Morgan fingerprint density at radius 1 is 1.00 bits per heavy atom. The summed E-state index contributed by atoms with van der Waals surface area (Å²) in [6.07, 6.45) is 1.21. The summed E-state index contributed by atoms with van der Waals surface area (Å²) in [7, 11) is 3.77. The van der Waals surface area contributed by atoms with E-state index in [0.29, 0.717) is 53.5 Å². The van der Waals surface area contributed by atoms with E-state index in [4.69, 9.17) is 33.0 Å². The van der Waals surface area contributed by atoms with Crippen LogP contribution in [0, 0.1) is 34.6 Å². The van der Waals surface area contributed by atoms with E-state index in [2.05, 4.69) is 11.5 Å². The monoisotopic (exact) mass is 725 g/mol. The molecule has 3 aromatic heterocycles. The molecule has 0 unspecified atom stereocenters. The van der Waals surface area contributed by atoms with E-state index in [-0.39, 0.29) is 17.5 Å². The lowest BCUT2D eigenvalue weighted by Crippen LogP contribution is -2.42. The van der Waals surface area contributed by atoms with Crippen molar-refractivity contribution in [1.82, 2.24) is 18.9 Å². The fourth-order valence-electron chi connectivity index (χ4n) is 8.02. The number of nitrogens with zero attached hydrogens (tertiary/aromatic N) is 5. The van der Waals surface area contributed by atoms with Crippen molar-refractivity contribution in [2.24, 2.45) is 14.1 Å². The minimum atomic E-state index is -1.02. The Morgan fingerprint density at radius 3 is 2.35 bits per heavy atom. The number of anilines is 1. The van der Waals surface area contributed by atoms with Gasteiger partial charge in [0.1, 0.15) is 11.4 Å². The predicted molar refractivity (Wildman–Crippen MR) is 204 cm³/mol. The highest BCUT2D eigenvalue weighted by atomic mass is 35.5. The van der Waals surface area contributed by atoms with Gasteiger partial charge in [-0.25, -0.2) is 4.79 Å². The normalized spacial score (nSPS) is 14.6. The number of hydrogen-bond donors (Lipinski definition) is 1. The summed E-state index contributed by atoms with van der Waals surface area (Å²) in [5.41, 5.74) is 10.1. The van der Waals surface area contributed by atoms with E-state index in [0.717, 1.165) is 66.4 Å². The summed E-state index contributed by atoms with van der Waals surface area (Å²) in [6.45, 7) is 12.6. The zero-order valence-electron chi connectivity index (χ0n) is 30.1. The van der Waals surface area contributed by atoms with Crippen molar-refractivity contribution in [2.75, 3.05) is 18.1 Å². The summed E-state index contributed by atoms with van der Waals surface area (Å²) in [4.78, 5) is 29.4. The van der Waals surface area contributed by atoms with E-state index >= 15 is 4.79 Å². The van der Waals surface area contributed by atoms with Gasteiger partial charge in [-0.3, -0.25) is 9.48 Å². The molecule has 11 heteroatoms. The van der Waals surface area contributed by atoms with Crippen molar-refractivity contribution in [2.45, 2.75) is 60.4 Å². The van der Waals surface area contributed by atoms with Crippen LogP contribution in [0.25, 0.3) is 32.9 Å². The van der Waals surface area contributed by atoms with Gasteiger partial charge in [0.05, 0.1) is 39.6 Å². The molecule has 1 aliphatic heterocycles. The van der Waals surface area contributed by atoms with Crippen LogP contribution in [-0.4, -0.2) is 49.0 Å². The number of carboxylic acids is 1. The summed E-state index contributed by atoms with van der Waals surface area (Å²) >= 11 is 13.5. The number of carboxylic acid groups (broad SMARTS) is 1. The van der Waals surface area contributed by atoms with Gasteiger partial charge in [0, 0.05) is 65.0 Å². The number of fused-ring (bicyclic) bond motifs is 4. The molecule has 1 N–H and O–H groups in total. The summed E-state index contributed by atoms with van der Waals surface area (Å²) in [6, 6.07) is 13.3. The summed E-state index contributed by atoms with van der Waals surface area (Å²) < 4.78 is 12.1. The van der Waals surface area contributed by atoms with Gasteiger partial charge in [0.15, 0.2) is 0 Å². The van der Waals surface area contributed by atoms with E-state index in [1.807, 2.05) is 93.5 Å². The van der Waals surface area contributed by atoms with Crippen molar-refractivity contribution in [3.63, 3.8) is 0 Å². The van der Waals surface area contributed by atoms with Crippen LogP contribution in [0.2, 0.25) is 10.0 Å². The molecule has 0 radical (unpaired) electrons. The molecule has 0 fully saturated rings. The zero-order chi connectivity index (χ0) is 36.6. The van der Waals surface area contributed by atoms with Crippen LogP contribution >= 0.6 is 23.2 Å². The number of aromatic nitrogens is 4. The van der Waals surface area contributed by atoms with E-state index in [9.17, 15) is 9.90 Å². The third kappa shape index (κ3) is 5.40. The van der Waals surface area contributed by atoms with Crippen LogP contribution in [0.3, 0.4) is 0 Å². The average molecular weight is 727 g/mol. The van der Waals surface area contributed by atoms with E-state index in [1.165, 1.54) is 0 Å². The van der Waals surface area contributed by atoms with Gasteiger partial charge >= 0.3 is 5.97 Å². The number of amides is 1. The molecule has 0 aliphatic carbocycles. The number of halogens is 2. The number of ether oxygens (including phenoxy) is 1. The second-order valence-electron chi connectivity index (χ2n) is 13.8. The molecule has 3 aromatic carbocycles. The topological polar surface area (TPSA) is 94.5 Å². The van der Waals surface area contributed by atoms with Crippen molar-refractivity contribution in [3.05, 3.63) is 97.5 Å². The van der Waals surface area contributed by atoms with Crippen molar-refractivity contribution >= 4 is 62.6 Å². The number of carbonyl (C=O) groups excluding carboxylic acids is 1. The molecule has 9 nitrogen and oxygen atoms in total. The van der Waals surface area contributed by atoms with E-state index in [1.54, 1.807) is 11.8 Å². The molecule has 51 heavy (non-hydrogen) atoms. The Hall–Kier alpha value is -4.73. The molecule has 0 saturated heterocycles. The largest absolute Gasteiger partial charge is 0.494 e. The standard InChI is InChI=1S/C40H41Cl2N5O4/c1-20-17-26(18-21(2)36(20)42)51-16-10-11-27-28-14-15-29(41)34(32-23(4)43-45(8)25(32)6)37(28)47-22(3)19-46(39(48)38(27)47)31-13-9-12-30-35(31)33(40(49)50)24(5)44(30)7/h9,12-15,17-18,22H,10-11,16,19H2,1-8H3,(H,49,50)/t22-/m1/s1. The molecule has 0 bridgehead atoms.